The molecule has 4 heteroatoms. The Morgan fingerprint density at radius 2 is 2.41 bits per heavy atom. The van der Waals surface area contributed by atoms with Gasteiger partial charge in [-0.2, -0.15) is 0 Å². The molecule has 1 saturated heterocycles. The first kappa shape index (κ1) is 11.9. The Bertz CT molecular complexity index is 406. The Morgan fingerprint density at radius 3 is 3.00 bits per heavy atom. The molecular formula is C13H17NO3. The maximum atomic E-state index is 11.0. The number of nitrogens with zero attached hydrogens (tertiary/aromatic N) is 1. The van der Waals surface area contributed by atoms with Crippen LogP contribution >= 0.6 is 0 Å². The maximum absolute atomic E-state index is 11.0. The molecule has 0 radical (unpaired) electrons. The van der Waals surface area contributed by atoms with E-state index in [1.807, 2.05) is 6.07 Å². The van der Waals surface area contributed by atoms with Crippen LogP contribution in [0.1, 0.15) is 16.8 Å². The minimum absolute atomic E-state index is 0.205. The topological polar surface area (TPSA) is 49.8 Å². The molecular weight excluding hydrogens is 218 g/mol. The Hall–Kier alpha value is -1.55. The molecule has 1 heterocycles. The number of rotatable bonds is 4. The van der Waals surface area contributed by atoms with Crippen molar-refractivity contribution >= 4 is 12.0 Å². The Balaban J connectivity index is 2.27. The zero-order chi connectivity index (χ0) is 12.3. The van der Waals surface area contributed by atoms with Gasteiger partial charge in [0.1, 0.15) is 5.75 Å². The van der Waals surface area contributed by atoms with Crippen molar-refractivity contribution in [3.05, 3.63) is 23.8 Å². The molecule has 1 fully saturated rings. The van der Waals surface area contributed by atoms with Crippen LogP contribution in [0.15, 0.2) is 18.2 Å². The van der Waals surface area contributed by atoms with Gasteiger partial charge in [-0.15, -0.1) is 0 Å². The molecule has 4 nitrogen and oxygen atoms in total. The highest BCUT2D eigenvalue weighted by Crippen LogP contribution is 2.29. The van der Waals surface area contributed by atoms with Gasteiger partial charge in [0.25, 0.3) is 0 Å². The first-order chi connectivity index (χ1) is 8.28. The Kier molecular flexibility index (Phi) is 3.64. The van der Waals surface area contributed by atoms with E-state index in [0.29, 0.717) is 11.5 Å². The summed E-state index contributed by atoms with van der Waals surface area (Å²) in [6.07, 6.45) is 1.83. The number of aliphatic hydroxyl groups excluding tert-OH is 1. The van der Waals surface area contributed by atoms with Gasteiger partial charge in [-0.1, -0.05) is 0 Å². The first-order valence-electron chi connectivity index (χ1n) is 5.77. The number of aliphatic hydroxyl groups is 1. The second-order valence-electron chi connectivity index (χ2n) is 4.33. The van der Waals surface area contributed by atoms with Crippen molar-refractivity contribution in [2.75, 3.05) is 31.7 Å². The van der Waals surface area contributed by atoms with E-state index in [1.165, 1.54) is 0 Å². The number of hydrogen-bond donors (Lipinski definition) is 1. The number of benzene rings is 1. The predicted molar refractivity (Wildman–Crippen MR) is 65.8 cm³/mol. The summed E-state index contributed by atoms with van der Waals surface area (Å²) in [5.41, 5.74) is 1.57. The molecule has 0 amide bonds. The van der Waals surface area contributed by atoms with Gasteiger partial charge >= 0.3 is 0 Å². The minimum atomic E-state index is 0.205. The number of methoxy groups -OCH3 is 1. The summed E-state index contributed by atoms with van der Waals surface area (Å²) < 4.78 is 5.18. The third-order valence-electron chi connectivity index (χ3n) is 3.25. The summed E-state index contributed by atoms with van der Waals surface area (Å²) in [6, 6.07) is 5.43. The molecule has 1 atom stereocenters. The molecule has 1 aliphatic rings. The fourth-order valence-electron chi connectivity index (χ4n) is 2.22. The van der Waals surface area contributed by atoms with Crippen molar-refractivity contribution < 1.29 is 14.6 Å². The van der Waals surface area contributed by atoms with Crippen molar-refractivity contribution in [3.63, 3.8) is 0 Å². The van der Waals surface area contributed by atoms with Gasteiger partial charge in [0.05, 0.1) is 12.8 Å². The lowest BCUT2D eigenvalue weighted by Gasteiger charge is -2.20. The summed E-state index contributed by atoms with van der Waals surface area (Å²) in [4.78, 5) is 13.1. The number of carbonyl (C=O) groups excluding carboxylic acids is 1. The van der Waals surface area contributed by atoms with Crippen molar-refractivity contribution in [1.29, 1.82) is 0 Å². The number of ether oxygens (including phenoxy) is 1. The molecule has 0 unspecified atom stereocenters. The lowest BCUT2D eigenvalue weighted by molar-refractivity contribution is 0.112. The zero-order valence-electron chi connectivity index (χ0n) is 9.93. The number of aldehydes is 1. The van der Waals surface area contributed by atoms with E-state index >= 15 is 0 Å². The Labute approximate surface area is 101 Å². The second kappa shape index (κ2) is 5.19. The van der Waals surface area contributed by atoms with Crippen LogP contribution in [-0.2, 0) is 0 Å². The zero-order valence-corrected chi connectivity index (χ0v) is 9.93. The largest absolute Gasteiger partial charge is 0.497 e. The summed E-state index contributed by atoms with van der Waals surface area (Å²) in [6.45, 7) is 1.88. The fraction of sp³-hybridized carbons (Fsp3) is 0.462. The second-order valence-corrected chi connectivity index (χ2v) is 4.33. The molecule has 1 aromatic rings. The van der Waals surface area contributed by atoms with E-state index in [0.717, 1.165) is 37.2 Å². The molecule has 1 aromatic carbocycles. The number of hydrogen-bond acceptors (Lipinski definition) is 4. The van der Waals surface area contributed by atoms with Crippen LogP contribution in [0.25, 0.3) is 0 Å². The molecule has 92 valence electrons. The summed E-state index contributed by atoms with van der Waals surface area (Å²) in [7, 11) is 1.61. The summed E-state index contributed by atoms with van der Waals surface area (Å²) in [5.74, 6) is 1.05. The van der Waals surface area contributed by atoms with Crippen LogP contribution in [0, 0.1) is 5.92 Å². The summed E-state index contributed by atoms with van der Waals surface area (Å²) >= 11 is 0. The fourth-order valence-corrected chi connectivity index (χ4v) is 2.22. The Morgan fingerprint density at radius 1 is 1.59 bits per heavy atom. The van der Waals surface area contributed by atoms with Gasteiger partial charge in [0.15, 0.2) is 6.29 Å². The van der Waals surface area contributed by atoms with Crippen LogP contribution in [0.4, 0.5) is 5.69 Å². The molecule has 0 aromatic heterocycles. The van der Waals surface area contributed by atoms with Gasteiger partial charge in [0.2, 0.25) is 0 Å². The maximum Gasteiger partial charge on any atom is 0.152 e. The minimum Gasteiger partial charge on any atom is -0.497 e. The van der Waals surface area contributed by atoms with E-state index < -0.39 is 0 Å². The van der Waals surface area contributed by atoms with E-state index in [2.05, 4.69) is 4.90 Å². The van der Waals surface area contributed by atoms with E-state index in [4.69, 9.17) is 9.84 Å². The molecule has 1 aliphatic heterocycles. The average Bonchev–Trinajstić information content (AvgIpc) is 2.86. The first-order valence-corrected chi connectivity index (χ1v) is 5.77. The average molecular weight is 235 g/mol. The van der Waals surface area contributed by atoms with Gasteiger partial charge < -0.3 is 14.7 Å². The van der Waals surface area contributed by atoms with Crippen LogP contribution in [-0.4, -0.2) is 38.2 Å². The van der Waals surface area contributed by atoms with Gasteiger partial charge in [-0.05, 0) is 18.6 Å². The molecule has 0 spiro atoms. The van der Waals surface area contributed by atoms with Crippen molar-refractivity contribution in [1.82, 2.24) is 0 Å². The summed E-state index contributed by atoms with van der Waals surface area (Å²) in [5, 5.41) is 9.14. The highest BCUT2D eigenvalue weighted by molar-refractivity contribution is 5.85. The highest BCUT2D eigenvalue weighted by atomic mass is 16.5. The lowest BCUT2D eigenvalue weighted by Crippen LogP contribution is -2.21. The molecule has 0 aliphatic carbocycles. The third-order valence-corrected chi connectivity index (χ3v) is 3.25. The van der Waals surface area contributed by atoms with Crippen LogP contribution < -0.4 is 9.64 Å². The van der Waals surface area contributed by atoms with Gasteiger partial charge in [-0.25, -0.2) is 0 Å². The number of carbonyl (C=O) groups is 1. The van der Waals surface area contributed by atoms with E-state index in [9.17, 15) is 4.79 Å². The molecule has 0 bridgehead atoms. The standard InChI is InChI=1S/C13H17NO3/c1-17-12-3-2-11(9-16)13(6-12)14-5-4-10(7-14)8-15/h2-3,6,9-10,15H,4-5,7-8H2,1H3/t10-/m1/s1. The molecule has 17 heavy (non-hydrogen) atoms. The molecule has 0 saturated carbocycles. The molecule has 2 rings (SSSR count). The van der Waals surface area contributed by atoms with Crippen molar-refractivity contribution in [3.8, 4) is 5.75 Å². The van der Waals surface area contributed by atoms with Crippen molar-refractivity contribution in [2.24, 2.45) is 5.92 Å². The van der Waals surface area contributed by atoms with Gasteiger partial charge in [-0.3, -0.25) is 4.79 Å². The predicted octanol–water partition coefficient (Wildman–Crippen LogP) is 1.33. The van der Waals surface area contributed by atoms with Crippen LogP contribution in [0.5, 0.6) is 5.75 Å². The van der Waals surface area contributed by atoms with Crippen molar-refractivity contribution in [2.45, 2.75) is 6.42 Å². The monoisotopic (exact) mass is 235 g/mol. The SMILES string of the molecule is COc1ccc(C=O)c(N2CC[C@@H](CO)C2)c1. The highest BCUT2D eigenvalue weighted by Gasteiger charge is 2.23. The molecule has 1 N–H and O–H groups in total. The van der Waals surface area contributed by atoms with Crippen LogP contribution in [0.3, 0.4) is 0 Å². The van der Waals surface area contributed by atoms with Crippen LogP contribution in [0.2, 0.25) is 0 Å². The lowest BCUT2D eigenvalue weighted by atomic mass is 10.1. The quantitative estimate of drug-likeness (QED) is 0.800. The number of anilines is 1. The van der Waals surface area contributed by atoms with E-state index in [-0.39, 0.29) is 6.61 Å². The normalized spacial score (nSPS) is 19.4. The smallest absolute Gasteiger partial charge is 0.152 e. The van der Waals surface area contributed by atoms with E-state index in [1.54, 1.807) is 19.2 Å². The third kappa shape index (κ3) is 2.42. The van der Waals surface area contributed by atoms with Gasteiger partial charge in [0, 0.05) is 37.2 Å².